The Morgan fingerprint density at radius 3 is 2.17 bits per heavy atom. The Balaban J connectivity index is 1.71. The van der Waals surface area contributed by atoms with Crippen LogP contribution in [0.1, 0.15) is 38.7 Å². The van der Waals surface area contributed by atoms with Crippen molar-refractivity contribution in [3.05, 3.63) is 107 Å². The Hall–Kier alpha value is -3.73. The van der Waals surface area contributed by atoms with Crippen molar-refractivity contribution >= 4 is 18.0 Å². The number of hydrogen-bond donors (Lipinski definition) is 1. The lowest BCUT2D eigenvalue weighted by molar-refractivity contribution is -0.565. The summed E-state index contributed by atoms with van der Waals surface area (Å²) in [5.41, 5.74) is 4.64. The molecule has 0 saturated carbocycles. The third kappa shape index (κ3) is 4.15. The smallest absolute Gasteiger partial charge is 0.252 e. The van der Waals surface area contributed by atoms with Crippen molar-refractivity contribution in [2.24, 2.45) is 5.10 Å². The number of hydrogen-bond acceptors (Lipinski definition) is 3. The molecule has 0 spiro atoms. The minimum atomic E-state index is -0.776. The van der Waals surface area contributed by atoms with E-state index in [0.29, 0.717) is 5.56 Å². The molecular formula is C25H23N3O2. The average Bonchev–Trinajstić information content (AvgIpc) is 3.05. The maximum absolute atomic E-state index is 12.8. The van der Waals surface area contributed by atoms with Gasteiger partial charge in [-0.15, -0.1) is 0 Å². The van der Waals surface area contributed by atoms with E-state index in [1.54, 1.807) is 28.9 Å². The van der Waals surface area contributed by atoms with Crippen LogP contribution < -0.4 is 10.4 Å². The fourth-order valence-electron chi connectivity index (χ4n) is 3.50. The van der Waals surface area contributed by atoms with Crippen molar-refractivity contribution in [1.29, 1.82) is 0 Å². The molecule has 3 aromatic carbocycles. The van der Waals surface area contributed by atoms with Crippen LogP contribution in [-0.4, -0.2) is 28.7 Å². The zero-order chi connectivity index (χ0) is 21.1. The predicted molar refractivity (Wildman–Crippen MR) is 116 cm³/mol. The molecule has 5 heteroatoms. The summed E-state index contributed by atoms with van der Waals surface area (Å²) in [4.78, 5) is 12.7. The quantitative estimate of drug-likeness (QED) is 0.688. The van der Waals surface area contributed by atoms with Gasteiger partial charge in [-0.25, -0.2) is 0 Å². The van der Waals surface area contributed by atoms with Crippen LogP contribution in [0.2, 0.25) is 0 Å². The number of carbonyl (C=O) groups excluding carboxylic acids is 1. The van der Waals surface area contributed by atoms with E-state index in [2.05, 4.69) is 10.4 Å². The summed E-state index contributed by atoms with van der Waals surface area (Å²) in [5, 5.41) is 19.9. The third-order valence-corrected chi connectivity index (χ3v) is 5.18. The lowest BCUT2D eigenvalue weighted by atomic mass is 9.98. The van der Waals surface area contributed by atoms with Crippen LogP contribution in [-0.2, 0) is 0 Å². The molecule has 30 heavy (non-hydrogen) atoms. The molecule has 1 N–H and O–H groups in total. The van der Waals surface area contributed by atoms with E-state index in [9.17, 15) is 9.90 Å². The Morgan fingerprint density at radius 2 is 1.53 bits per heavy atom. The van der Waals surface area contributed by atoms with Crippen molar-refractivity contribution in [3.8, 4) is 0 Å². The van der Waals surface area contributed by atoms with Crippen LogP contribution in [0.3, 0.4) is 0 Å². The number of rotatable bonds is 4. The number of nitrogens with zero attached hydrogens (tertiary/aromatic N) is 2. The van der Waals surface area contributed by atoms with Gasteiger partial charge in [0, 0.05) is 16.7 Å². The van der Waals surface area contributed by atoms with Crippen LogP contribution in [0.5, 0.6) is 0 Å². The molecule has 1 heterocycles. The molecule has 0 aliphatic carbocycles. The van der Waals surface area contributed by atoms with Crippen molar-refractivity contribution in [3.63, 3.8) is 0 Å². The summed E-state index contributed by atoms with van der Waals surface area (Å²) in [6.07, 6.45) is 1.84. The fraction of sp³-hybridized carbons (Fsp3) is 0.160. The molecule has 0 aromatic heterocycles. The van der Waals surface area contributed by atoms with Gasteiger partial charge in [0.25, 0.3) is 5.91 Å². The number of carbonyl (C=O) groups is 1. The summed E-state index contributed by atoms with van der Waals surface area (Å²) in [6, 6.07) is 23.6. The van der Waals surface area contributed by atoms with E-state index in [4.69, 9.17) is 0 Å². The van der Waals surface area contributed by atoms with Crippen LogP contribution in [0.15, 0.2) is 84.0 Å². The largest absolute Gasteiger partial charge is 0.856 e. The highest BCUT2D eigenvalue weighted by molar-refractivity contribution is 5.97. The molecule has 2 atom stereocenters. The number of hydrazone groups is 1. The molecule has 1 amide bonds. The lowest BCUT2D eigenvalue weighted by Gasteiger charge is -2.20. The van der Waals surface area contributed by atoms with E-state index in [1.807, 2.05) is 74.7 Å². The van der Waals surface area contributed by atoms with E-state index < -0.39 is 12.1 Å². The molecular weight excluding hydrogens is 374 g/mol. The Labute approximate surface area is 176 Å². The highest BCUT2D eigenvalue weighted by Gasteiger charge is 2.41. The lowest BCUT2D eigenvalue weighted by Crippen LogP contribution is -2.47. The van der Waals surface area contributed by atoms with Crippen LogP contribution in [0, 0.1) is 13.8 Å². The van der Waals surface area contributed by atoms with Gasteiger partial charge >= 0.3 is 0 Å². The molecule has 150 valence electrons. The number of nitrogens with one attached hydrogen (secondary N) is 1. The molecule has 0 radical (unpaired) electrons. The third-order valence-electron chi connectivity index (χ3n) is 5.18. The van der Waals surface area contributed by atoms with Crippen molar-refractivity contribution in [2.45, 2.75) is 25.9 Å². The first-order chi connectivity index (χ1) is 14.5. The van der Waals surface area contributed by atoms with Gasteiger partial charge in [-0.2, -0.15) is 0 Å². The van der Waals surface area contributed by atoms with Gasteiger partial charge in [0.2, 0.25) is 12.3 Å². The second kappa shape index (κ2) is 8.33. The van der Waals surface area contributed by atoms with Gasteiger partial charge in [-0.1, -0.05) is 70.4 Å². The molecule has 0 saturated heterocycles. The maximum atomic E-state index is 12.8. The second-order valence-corrected chi connectivity index (χ2v) is 7.53. The van der Waals surface area contributed by atoms with E-state index >= 15 is 0 Å². The molecule has 0 bridgehead atoms. The van der Waals surface area contributed by atoms with Crippen molar-refractivity contribution in [2.75, 3.05) is 0 Å². The zero-order valence-electron chi connectivity index (χ0n) is 16.9. The first kappa shape index (κ1) is 19.6. The summed E-state index contributed by atoms with van der Waals surface area (Å²) >= 11 is 0. The minimum absolute atomic E-state index is 0.293. The van der Waals surface area contributed by atoms with E-state index in [-0.39, 0.29) is 11.8 Å². The molecule has 1 aliphatic heterocycles. The minimum Gasteiger partial charge on any atom is -0.856 e. The summed E-state index contributed by atoms with van der Waals surface area (Å²) in [5.74, 6) is -0.660. The average molecular weight is 397 g/mol. The SMILES string of the molecule is Cc1ccc(/C=[N+]2\N=C([O-])[C@H](NC(=O)c3ccccc3)[C@H]2c2ccc(C)cc2)cc1. The normalized spacial score (nSPS) is 19.5. The maximum Gasteiger partial charge on any atom is 0.252 e. The van der Waals surface area contributed by atoms with Crippen molar-refractivity contribution in [1.82, 2.24) is 5.32 Å². The van der Waals surface area contributed by atoms with Crippen molar-refractivity contribution < 1.29 is 14.6 Å². The highest BCUT2D eigenvalue weighted by atomic mass is 16.3. The summed E-state index contributed by atoms with van der Waals surface area (Å²) in [6.45, 7) is 4.04. The topological polar surface area (TPSA) is 67.5 Å². The first-order valence-corrected chi connectivity index (χ1v) is 9.89. The van der Waals surface area contributed by atoms with Gasteiger partial charge in [0.1, 0.15) is 6.04 Å². The standard InChI is InChI=1S/C25H23N3O2/c1-17-8-12-19(13-9-17)16-28-23(20-14-10-18(2)11-15-20)22(25(30)27-28)26-24(29)21-6-4-3-5-7-21/h3-16,22-23H,1-2H3,(H-,26,27,29,30)/b28-16-/t22-,23-/m1/s1. The van der Waals surface area contributed by atoms with Gasteiger partial charge in [0.05, 0.1) is 5.90 Å². The molecule has 5 nitrogen and oxygen atoms in total. The van der Waals surface area contributed by atoms with E-state index in [1.165, 1.54) is 0 Å². The second-order valence-electron chi connectivity index (χ2n) is 7.53. The summed E-state index contributed by atoms with van der Waals surface area (Å²) < 4.78 is 1.66. The Bertz CT molecular complexity index is 1100. The number of aryl methyl sites for hydroxylation is 2. The molecule has 3 aromatic rings. The first-order valence-electron chi connectivity index (χ1n) is 9.89. The van der Waals surface area contributed by atoms with Crippen LogP contribution in [0.4, 0.5) is 0 Å². The summed E-state index contributed by atoms with van der Waals surface area (Å²) in [7, 11) is 0. The Kier molecular flexibility index (Phi) is 5.44. The predicted octanol–water partition coefficient (Wildman–Crippen LogP) is 2.96. The van der Waals surface area contributed by atoms with Gasteiger partial charge in [-0.3, -0.25) is 4.79 Å². The van der Waals surface area contributed by atoms with E-state index in [0.717, 1.165) is 22.3 Å². The van der Waals surface area contributed by atoms with Gasteiger partial charge < -0.3 is 10.4 Å². The molecule has 0 fully saturated rings. The number of benzene rings is 3. The Morgan fingerprint density at radius 1 is 0.933 bits per heavy atom. The fourth-order valence-corrected chi connectivity index (χ4v) is 3.50. The van der Waals surface area contributed by atoms with Gasteiger partial charge in [-0.05, 0) is 43.2 Å². The van der Waals surface area contributed by atoms with Crippen LogP contribution in [0.25, 0.3) is 0 Å². The molecule has 1 aliphatic rings. The molecule has 0 unspecified atom stereocenters. The van der Waals surface area contributed by atoms with Gasteiger partial charge in [0.15, 0.2) is 0 Å². The highest BCUT2D eigenvalue weighted by Crippen LogP contribution is 2.27. The monoisotopic (exact) mass is 397 g/mol. The molecule has 4 rings (SSSR count). The number of amides is 1. The zero-order valence-corrected chi connectivity index (χ0v) is 16.9. The van der Waals surface area contributed by atoms with Crippen LogP contribution >= 0.6 is 0 Å².